The third-order valence-electron chi connectivity index (χ3n) is 5.32. The van der Waals surface area contributed by atoms with Crippen LogP contribution in [0.15, 0.2) is 49.1 Å². The molecule has 1 atom stereocenters. The summed E-state index contributed by atoms with van der Waals surface area (Å²) in [6, 6.07) is 10.9. The standard InChI is InChI=1S/C25H31NO6/c1-5-12-32-22-10-8-18(14-23(22)29-3)16-26(17-20-7-6-13-31-20)25(27)19-9-11-21(28-2)24(15-19)30-4/h5,8-11,14-15,20H,1,6-7,12-13,16-17H2,2-4H3. The van der Waals surface area contributed by atoms with Crippen molar-refractivity contribution in [2.75, 3.05) is 41.1 Å². The second-order valence-electron chi connectivity index (χ2n) is 7.48. The van der Waals surface area contributed by atoms with Crippen LogP contribution in [0.3, 0.4) is 0 Å². The van der Waals surface area contributed by atoms with E-state index in [1.54, 1.807) is 50.5 Å². The molecule has 1 unspecified atom stereocenters. The van der Waals surface area contributed by atoms with Crippen LogP contribution < -0.4 is 18.9 Å². The van der Waals surface area contributed by atoms with Gasteiger partial charge < -0.3 is 28.6 Å². The number of rotatable bonds is 11. The van der Waals surface area contributed by atoms with Crippen LogP contribution in [0.1, 0.15) is 28.8 Å². The lowest BCUT2D eigenvalue weighted by atomic mass is 10.1. The van der Waals surface area contributed by atoms with Crippen LogP contribution in [0.5, 0.6) is 23.0 Å². The number of carbonyl (C=O) groups excluding carboxylic acids is 1. The van der Waals surface area contributed by atoms with Crippen molar-refractivity contribution in [1.29, 1.82) is 0 Å². The quantitative estimate of drug-likeness (QED) is 0.489. The Bertz CT molecular complexity index is 923. The fraction of sp³-hybridized carbons (Fsp3) is 0.400. The minimum absolute atomic E-state index is 0.0242. The van der Waals surface area contributed by atoms with Crippen molar-refractivity contribution < 1.29 is 28.5 Å². The molecule has 0 aliphatic carbocycles. The minimum Gasteiger partial charge on any atom is -0.493 e. The predicted molar refractivity (Wildman–Crippen MR) is 122 cm³/mol. The molecule has 7 nitrogen and oxygen atoms in total. The van der Waals surface area contributed by atoms with Crippen molar-refractivity contribution >= 4 is 5.91 Å². The average molecular weight is 442 g/mol. The van der Waals surface area contributed by atoms with Crippen molar-refractivity contribution in [1.82, 2.24) is 4.90 Å². The zero-order valence-electron chi connectivity index (χ0n) is 19.0. The van der Waals surface area contributed by atoms with E-state index in [9.17, 15) is 4.79 Å². The third-order valence-corrected chi connectivity index (χ3v) is 5.32. The van der Waals surface area contributed by atoms with Crippen molar-refractivity contribution in [3.63, 3.8) is 0 Å². The Morgan fingerprint density at radius 1 is 1.06 bits per heavy atom. The maximum absolute atomic E-state index is 13.5. The highest BCUT2D eigenvalue weighted by Gasteiger charge is 2.25. The Morgan fingerprint density at radius 2 is 1.78 bits per heavy atom. The molecular formula is C25H31NO6. The third kappa shape index (κ3) is 5.73. The molecule has 0 aromatic heterocycles. The molecule has 3 rings (SSSR count). The Labute approximate surface area is 189 Å². The number of hydrogen-bond acceptors (Lipinski definition) is 6. The SMILES string of the molecule is C=CCOc1ccc(CN(CC2CCCO2)C(=O)c2ccc(OC)c(OC)c2)cc1OC. The van der Waals surface area contributed by atoms with Crippen LogP contribution in [-0.4, -0.2) is 58.0 Å². The molecule has 0 N–H and O–H groups in total. The Morgan fingerprint density at radius 3 is 2.44 bits per heavy atom. The lowest BCUT2D eigenvalue weighted by Gasteiger charge is -2.26. The summed E-state index contributed by atoms with van der Waals surface area (Å²) in [5.74, 6) is 2.23. The molecule has 7 heteroatoms. The van der Waals surface area contributed by atoms with E-state index in [0.717, 1.165) is 25.0 Å². The van der Waals surface area contributed by atoms with Crippen molar-refractivity contribution in [3.05, 3.63) is 60.2 Å². The molecule has 1 aliphatic heterocycles. The molecule has 172 valence electrons. The van der Waals surface area contributed by atoms with Gasteiger partial charge in [-0.2, -0.15) is 0 Å². The van der Waals surface area contributed by atoms with E-state index in [0.29, 0.717) is 48.3 Å². The van der Waals surface area contributed by atoms with Crippen LogP contribution in [0.4, 0.5) is 0 Å². The summed E-state index contributed by atoms with van der Waals surface area (Å²) in [6.07, 6.45) is 3.65. The predicted octanol–water partition coefficient (Wildman–Crippen LogP) is 4.10. The molecule has 32 heavy (non-hydrogen) atoms. The molecular weight excluding hydrogens is 410 g/mol. The fourth-order valence-electron chi connectivity index (χ4n) is 3.70. The van der Waals surface area contributed by atoms with Crippen LogP contribution in [0.25, 0.3) is 0 Å². The maximum atomic E-state index is 13.5. The van der Waals surface area contributed by atoms with E-state index < -0.39 is 0 Å². The molecule has 0 bridgehead atoms. The van der Waals surface area contributed by atoms with Crippen LogP contribution in [0.2, 0.25) is 0 Å². The summed E-state index contributed by atoms with van der Waals surface area (Å²) in [6.45, 7) is 5.70. The lowest BCUT2D eigenvalue weighted by molar-refractivity contribution is 0.0507. The lowest BCUT2D eigenvalue weighted by Crippen LogP contribution is -2.37. The summed E-state index contributed by atoms with van der Waals surface area (Å²) >= 11 is 0. The summed E-state index contributed by atoms with van der Waals surface area (Å²) in [4.78, 5) is 15.3. The average Bonchev–Trinajstić information content (AvgIpc) is 3.34. The highest BCUT2D eigenvalue weighted by molar-refractivity contribution is 5.95. The molecule has 1 saturated heterocycles. The highest BCUT2D eigenvalue weighted by atomic mass is 16.5. The van der Waals surface area contributed by atoms with Gasteiger partial charge in [-0.05, 0) is 48.7 Å². The van der Waals surface area contributed by atoms with Gasteiger partial charge in [0.05, 0.1) is 27.4 Å². The second kappa shape index (κ2) is 11.4. The number of methoxy groups -OCH3 is 3. The van der Waals surface area contributed by atoms with Gasteiger partial charge in [-0.1, -0.05) is 18.7 Å². The Balaban J connectivity index is 1.85. The first-order chi connectivity index (χ1) is 15.6. The van der Waals surface area contributed by atoms with Gasteiger partial charge in [-0.25, -0.2) is 0 Å². The van der Waals surface area contributed by atoms with E-state index >= 15 is 0 Å². The fourth-order valence-corrected chi connectivity index (χ4v) is 3.70. The zero-order chi connectivity index (χ0) is 22.9. The highest BCUT2D eigenvalue weighted by Crippen LogP contribution is 2.31. The van der Waals surface area contributed by atoms with Gasteiger partial charge in [0.25, 0.3) is 5.91 Å². The number of ether oxygens (including phenoxy) is 5. The molecule has 1 fully saturated rings. The van der Waals surface area contributed by atoms with Gasteiger partial charge in [-0.15, -0.1) is 0 Å². The molecule has 1 aliphatic rings. The van der Waals surface area contributed by atoms with Crippen molar-refractivity contribution in [2.45, 2.75) is 25.5 Å². The van der Waals surface area contributed by atoms with Crippen LogP contribution in [-0.2, 0) is 11.3 Å². The van der Waals surface area contributed by atoms with Gasteiger partial charge >= 0.3 is 0 Å². The van der Waals surface area contributed by atoms with E-state index in [4.69, 9.17) is 23.7 Å². The van der Waals surface area contributed by atoms with Gasteiger partial charge in [0.2, 0.25) is 0 Å². The summed E-state index contributed by atoms with van der Waals surface area (Å²) in [7, 11) is 4.72. The molecule has 2 aromatic rings. The van der Waals surface area contributed by atoms with E-state index in [2.05, 4.69) is 6.58 Å². The summed E-state index contributed by atoms with van der Waals surface area (Å²) < 4.78 is 27.6. The van der Waals surface area contributed by atoms with Gasteiger partial charge in [0.1, 0.15) is 6.61 Å². The first-order valence-corrected chi connectivity index (χ1v) is 10.6. The number of hydrogen-bond donors (Lipinski definition) is 0. The maximum Gasteiger partial charge on any atom is 0.254 e. The smallest absolute Gasteiger partial charge is 0.254 e. The monoisotopic (exact) mass is 441 g/mol. The van der Waals surface area contributed by atoms with E-state index in [1.807, 2.05) is 18.2 Å². The van der Waals surface area contributed by atoms with Crippen molar-refractivity contribution in [3.8, 4) is 23.0 Å². The first kappa shape index (κ1) is 23.5. The molecule has 2 aromatic carbocycles. The number of amides is 1. The van der Waals surface area contributed by atoms with Gasteiger partial charge in [-0.3, -0.25) is 4.79 Å². The minimum atomic E-state index is -0.104. The van der Waals surface area contributed by atoms with Gasteiger partial charge in [0, 0.05) is 25.3 Å². The van der Waals surface area contributed by atoms with E-state index in [1.165, 1.54) is 0 Å². The molecule has 0 radical (unpaired) electrons. The van der Waals surface area contributed by atoms with Gasteiger partial charge in [0.15, 0.2) is 23.0 Å². The first-order valence-electron chi connectivity index (χ1n) is 10.6. The Kier molecular flexibility index (Phi) is 8.39. The largest absolute Gasteiger partial charge is 0.493 e. The molecule has 0 spiro atoms. The van der Waals surface area contributed by atoms with E-state index in [-0.39, 0.29) is 12.0 Å². The number of carbonyl (C=O) groups is 1. The normalized spacial score (nSPS) is 15.2. The molecule has 0 saturated carbocycles. The number of nitrogens with zero attached hydrogens (tertiary/aromatic N) is 1. The molecule has 1 heterocycles. The van der Waals surface area contributed by atoms with Crippen LogP contribution in [0, 0.1) is 0 Å². The zero-order valence-corrected chi connectivity index (χ0v) is 19.0. The second-order valence-corrected chi connectivity index (χ2v) is 7.48. The number of benzene rings is 2. The summed E-state index contributed by atoms with van der Waals surface area (Å²) in [5.41, 5.74) is 1.46. The van der Waals surface area contributed by atoms with Crippen molar-refractivity contribution in [2.24, 2.45) is 0 Å². The molecule has 1 amide bonds. The summed E-state index contributed by atoms with van der Waals surface area (Å²) in [5, 5.41) is 0. The topological polar surface area (TPSA) is 66.5 Å². The Hall–Kier alpha value is -3.19. The van der Waals surface area contributed by atoms with Crippen LogP contribution >= 0.6 is 0 Å².